The Hall–Kier alpha value is -1.74. The third kappa shape index (κ3) is 4.24. The summed E-state index contributed by atoms with van der Waals surface area (Å²) in [5.41, 5.74) is 1.10. The standard InChI is InChI=1S/C16H16ClFN3O5P/c1-2-10(8-26-27(23,24)25)16(22)20-14-13(9-3-5-11(18)6-4-9)12(17)7-19-15(14)21-16/h3-7,10,22H,2,8H2,1H3,(H2,23,24,25)/t10-,16?/m0/s1. The minimum Gasteiger partial charge on any atom is -0.351 e. The lowest BCUT2D eigenvalue weighted by Gasteiger charge is -2.25. The Balaban J connectivity index is 2.08. The van der Waals surface area contributed by atoms with Crippen LogP contribution in [-0.2, 0) is 9.09 Å². The molecule has 2 heterocycles. The summed E-state index contributed by atoms with van der Waals surface area (Å²) in [5, 5.41) is 11.3. The minimum absolute atomic E-state index is 0.121. The molecule has 2 atom stereocenters. The van der Waals surface area contributed by atoms with Gasteiger partial charge in [-0.1, -0.05) is 30.7 Å². The maximum Gasteiger partial charge on any atom is 0.469 e. The number of pyridine rings is 1. The van der Waals surface area contributed by atoms with Crippen LogP contribution in [0.3, 0.4) is 0 Å². The summed E-state index contributed by atoms with van der Waals surface area (Å²) >= 11 is 6.24. The minimum atomic E-state index is -4.71. The molecule has 0 amide bonds. The molecule has 1 aromatic heterocycles. The number of nitrogens with zero attached hydrogens (tertiary/aromatic N) is 3. The Morgan fingerprint density at radius 2 is 1.96 bits per heavy atom. The number of fused-ring (bicyclic) bond motifs is 1. The van der Waals surface area contributed by atoms with E-state index in [2.05, 4.69) is 19.5 Å². The first-order chi connectivity index (χ1) is 12.6. The largest absolute Gasteiger partial charge is 0.469 e. The average molecular weight is 416 g/mol. The average Bonchev–Trinajstić information content (AvgIpc) is 2.92. The van der Waals surface area contributed by atoms with Gasteiger partial charge in [-0.2, -0.15) is 0 Å². The zero-order valence-corrected chi connectivity index (χ0v) is 15.7. The Morgan fingerprint density at radius 1 is 1.30 bits per heavy atom. The Bertz CT molecular complexity index is 1030. The van der Waals surface area contributed by atoms with E-state index in [0.717, 1.165) is 0 Å². The molecule has 0 saturated heterocycles. The van der Waals surface area contributed by atoms with E-state index in [9.17, 15) is 14.1 Å². The van der Waals surface area contributed by atoms with Gasteiger partial charge >= 0.3 is 7.82 Å². The van der Waals surface area contributed by atoms with Crippen molar-refractivity contribution in [1.82, 2.24) is 4.98 Å². The van der Waals surface area contributed by atoms with Gasteiger partial charge in [0, 0.05) is 11.8 Å². The normalized spacial score (nSPS) is 19.9. The molecule has 0 radical (unpaired) electrons. The van der Waals surface area contributed by atoms with Gasteiger partial charge in [-0.3, -0.25) is 4.52 Å². The first-order valence-electron chi connectivity index (χ1n) is 7.95. The van der Waals surface area contributed by atoms with Crippen LogP contribution in [-0.4, -0.2) is 32.3 Å². The molecule has 8 nitrogen and oxygen atoms in total. The quantitative estimate of drug-likeness (QED) is 0.615. The van der Waals surface area contributed by atoms with Crippen LogP contribution in [0.1, 0.15) is 13.3 Å². The van der Waals surface area contributed by atoms with Crippen molar-refractivity contribution in [1.29, 1.82) is 0 Å². The van der Waals surface area contributed by atoms with E-state index < -0.39 is 32.0 Å². The smallest absolute Gasteiger partial charge is 0.351 e. The van der Waals surface area contributed by atoms with Gasteiger partial charge in [-0.25, -0.2) is 23.9 Å². The third-order valence-corrected chi connectivity index (χ3v) is 4.92. The van der Waals surface area contributed by atoms with Crippen molar-refractivity contribution >= 4 is 19.4 Å². The van der Waals surface area contributed by atoms with Gasteiger partial charge in [0.05, 0.1) is 17.5 Å². The summed E-state index contributed by atoms with van der Waals surface area (Å²) in [6, 6.07) is 5.55. The van der Waals surface area contributed by atoms with Crippen molar-refractivity contribution in [3.05, 3.63) is 52.1 Å². The van der Waals surface area contributed by atoms with E-state index in [1.165, 1.54) is 30.5 Å². The highest BCUT2D eigenvalue weighted by molar-refractivity contribution is 7.46. The molecule has 0 saturated carbocycles. The highest BCUT2D eigenvalue weighted by Crippen LogP contribution is 2.38. The Morgan fingerprint density at radius 3 is 2.56 bits per heavy atom. The highest BCUT2D eigenvalue weighted by Gasteiger charge is 2.39. The van der Waals surface area contributed by atoms with Crippen LogP contribution in [0.2, 0.25) is 5.02 Å². The molecule has 0 aliphatic carbocycles. The van der Waals surface area contributed by atoms with Crippen molar-refractivity contribution < 1.29 is 28.4 Å². The lowest BCUT2D eigenvalue weighted by atomic mass is 10.0. The van der Waals surface area contributed by atoms with Gasteiger partial charge in [0.2, 0.25) is 0 Å². The van der Waals surface area contributed by atoms with Gasteiger partial charge in [0.1, 0.15) is 11.2 Å². The molecular weight excluding hydrogens is 400 g/mol. The zero-order valence-electron chi connectivity index (χ0n) is 14.1. The van der Waals surface area contributed by atoms with Crippen LogP contribution in [0.4, 0.5) is 4.39 Å². The molecule has 1 unspecified atom stereocenters. The first-order valence-corrected chi connectivity index (χ1v) is 9.86. The summed E-state index contributed by atoms with van der Waals surface area (Å²) in [5.74, 6) is -3.27. The number of hydrogen-bond donors (Lipinski definition) is 3. The van der Waals surface area contributed by atoms with Crippen molar-refractivity contribution in [3.8, 4) is 11.1 Å². The van der Waals surface area contributed by atoms with E-state index in [1.54, 1.807) is 6.92 Å². The number of halogens is 2. The van der Waals surface area contributed by atoms with Crippen LogP contribution in [0, 0.1) is 11.7 Å². The second kappa shape index (κ2) is 7.35. The zero-order chi connectivity index (χ0) is 19.8. The molecular formula is C16H16ClFN3O5P. The third-order valence-electron chi connectivity index (χ3n) is 4.15. The van der Waals surface area contributed by atoms with Crippen LogP contribution in [0.5, 0.6) is 0 Å². The summed E-state index contributed by atoms with van der Waals surface area (Å²) < 4.78 is 28.7. The molecule has 1 aliphatic heterocycles. The molecule has 3 rings (SSSR count). The van der Waals surface area contributed by atoms with Crippen LogP contribution in [0.15, 0.2) is 40.4 Å². The number of phosphoric acid groups is 1. The molecule has 3 N–H and O–H groups in total. The van der Waals surface area contributed by atoms with E-state index >= 15 is 0 Å². The van der Waals surface area contributed by atoms with Crippen LogP contribution < -0.4 is 10.8 Å². The maximum absolute atomic E-state index is 13.2. The molecule has 144 valence electrons. The van der Waals surface area contributed by atoms with Gasteiger partial charge in [0.25, 0.3) is 5.85 Å². The summed E-state index contributed by atoms with van der Waals surface area (Å²) in [6.45, 7) is 1.23. The Labute approximate surface area is 158 Å². The van der Waals surface area contributed by atoms with Gasteiger partial charge in [-0.05, 0) is 24.1 Å². The SMILES string of the molecule is CC[C@@H](COP(=O)(O)O)C1(O)N=c2ncc(Cl)c(-c3ccc(F)cc3)c2=N1. The molecule has 0 spiro atoms. The summed E-state index contributed by atoms with van der Waals surface area (Å²) in [7, 11) is -4.71. The number of benzene rings is 1. The number of phosphoric ester groups is 1. The second-order valence-corrected chi connectivity index (χ2v) is 7.61. The van der Waals surface area contributed by atoms with Gasteiger partial charge < -0.3 is 14.9 Å². The van der Waals surface area contributed by atoms with E-state index in [4.69, 9.17) is 21.4 Å². The fourth-order valence-electron chi connectivity index (χ4n) is 2.77. The molecule has 0 bridgehead atoms. The second-order valence-electron chi connectivity index (χ2n) is 5.96. The highest BCUT2D eigenvalue weighted by atomic mass is 35.5. The monoisotopic (exact) mass is 415 g/mol. The first kappa shape index (κ1) is 20.0. The number of aliphatic hydroxyl groups is 1. The fraction of sp³-hybridized carbons (Fsp3) is 0.312. The van der Waals surface area contributed by atoms with Crippen molar-refractivity contribution in [2.45, 2.75) is 19.2 Å². The molecule has 1 aromatic carbocycles. The van der Waals surface area contributed by atoms with Crippen molar-refractivity contribution in [2.75, 3.05) is 6.61 Å². The summed E-state index contributed by atoms with van der Waals surface area (Å²) in [4.78, 5) is 30.2. The van der Waals surface area contributed by atoms with Crippen molar-refractivity contribution in [3.63, 3.8) is 0 Å². The number of hydrogen-bond acceptors (Lipinski definition) is 6. The van der Waals surface area contributed by atoms with E-state index in [-0.39, 0.29) is 22.3 Å². The van der Waals surface area contributed by atoms with Crippen LogP contribution >= 0.6 is 19.4 Å². The summed E-state index contributed by atoms with van der Waals surface area (Å²) in [6.07, 6.45) is 1.62. The fourth-order valence-corrected chi connectivity index (χ4v) is 3.39. The van der Waals surface area contributed by atoms with Crippen LogP contribution in [0.25, 0.3) is 11.1 Å². The molecule has 11 heteroatoms. The lowest BCUT2D eigenvalue weighted by molar-refractivity contribution is -0.0275. The predicted molar refractivity (Wildman–Crippen MR) is 93.7 cm³/mol. The van der Waals surface area contributed by atoms with Gasteiger partial charge in [-0.15, -0.1) is 0 Å². The van der Waals surface area contributed by atoms with Crippen molar-refractivity contribution in [2.24, 2.45) is 15.9 Å². The topological polar surface area (TPSA) is 125 Å². The maximum atomic E-state index is 13.2. The molecule has 2 aromatic rings. The van der Waals surface area contributed by atoms with E-state index in [1.807, 2.05) is 0 Å². The van der Waals surface area contributed by atoms with E-state index in [0.29, 0.717) is 11.1 Å². The lowest BCUT2D eigenvalue weighted by Crippen LogP contribution is -2.36. The number of aromatic nitrogens is 1. The molecule has 1 aliphatic rings. The predicted octanol–water partition coefficient (Wildman–Crippen LogP) is 1.58. The van der Waals surface area contributed by atoms with Gasteiger partial charge in [0.15, 0.2) is 5.49 Å². The molecule has 27 heavy (non-hydrogen) atoms. The number of rotatable bonds is 6. The molecule has 0 fully saturated rings. The Kier molecular flexibility index (Phi) is 5.45.